The summed E-state index contributed by atoms with van der Waals surface area (Å²) in [6.07, 6.45) is -10.8. The number of halogens is 6. The summed E-state index contributed by atoms with van der Waals surface area (Å²) < 4.78 is 76.0. The van der Waals surface area contributed by atoms with Gasteiger partial charge in [-0.2, -0.15) is 26.3 Å². The van der Waals surface area contributed by atoms with E-state index in [1.54, 1.807) is 0 Å². The molecule has 0 bridgehead atoms. The number of aryl methyl sites for hydroxylation is 1. The first-order valence-corrected chi connectivity index (χ1v) is 4.80. The minimum absolute atomic E-state index is 0.230. The molecule has 3 nitrogen and oxygen atoms in total. The number of rotatable bonds is 1. The second-order valence-corrected chi connectivity index (χ2v) is 3.84. The summed E-state index contributed by atoms with van der Waals surface area (Å²) in [6.45, 7) is 2.06. The molecule has 1 rings (SSSR count). The van der Waals surface area contributed by atoms with Crippen LogP contribution >= 0.6 is 0 Å². The molecule has 1 aromatic carbocycles. The lowest BCUT2D eigenvalue weighted by Crippen LogP contribution is -2.20. The Kier molecular flexibility index (Phi) is 3.53. The number of alkyl halides is 6. The van der Waals surface area contributed by atoms with Crippen molar-refractivity contribution >= 4 is 5.69 Å². The lowest BCUT2D eigenvalue weighted by Gasteiger charge is -2.17. The summed E-state index contributed by atoms with van der Waals surface area (Å²) in [5.74, 6) is 0. The first kappa shape index (κ1) is 15.3. The van der Waals surface area contributed by atoms with Gasteiger partial charge < -0.3 is 0 Å². The zero-order valence-corrected chi connectivity index (χ0v) is 9.61. The molecule has 0 amide bonds. The highest BCUT2D eigenvalue weighted by molar-refractivity contribution is 5.57. The summed E-state index contributed by atoms with van der Waals surface area (Å²) in [5.41, 5.74) is -6.53. The standard InChI is InChI=1S/C10H7F6NO2/c1-4-3-6(9(11,12)13)7(10(14,15)16)8(5(4)2)17(18)19/h3H,1-2H3. The molecule has 0 N–H and O–H groups in total. The average Bonchev–Trinajstić information content (AvgIpc) is 2.17. The van der Waals surface area contributed by atoms with Gasteiger partial charge >= 0.3 is 12.4 Å². The Labute approximate surface area is 103 Å². The number of hydrogen-bond donors (Lipinski definition) is 0. The first-order valence-electron chi connectivity index (χ1n) is 4.80. The maximum Gasteiger partial charge on any atom is 0.423 e. The molecule has 0 aliphatic heterocycles. The molecule has 0 radical (unpaired) electrons. The van der Waals surface area contributed by atoms with Crippen molar-refractivity contribution < 1.29 is 31.3 Å². The van der Waals surface area contributed by atoms with Gasteiger partial charge in [0, 0.05) is 5.56 Å². The Morgan fingerprint density at radius 1 is 1.05 bits per heavy atom. The Morgan fingerprint density at radius 3 is 1.84 bits per heavy atom. The van der Waals surface area contributed by atoms with Gasteiger partial charge in [-0.25, -0.2) is 0 Å². The molecule has 106 valence electrons. The van der Waals surface area contributed by atoms with Crippen molar-refractivity contribution in [1.82, 2.24) is 0 Å². The van der Waals surface area contributed by atoms with Gasteiger partial charge in [0.2, 0.25) is 0 Å². The maximum absolute atomic E-state index is 12.7. The smallest absolute Gasteiger partial charge is 0.258 e. The quantitative estimate of drug-likeness (QED) is 0.440. The third kappa shape index (κ3) is 2.79. The Hall–Kier alpha value is -1.80. The number of nitro benzene ring substituents is 1. The van der Waals surface area contributed by atoms with Crippen molar-refractivity contribution in [3.05, 3.63) is 38.4 Å². The van der Waals surface area contributed by atoms with Crippen molar-refractivity contribution in [3.8, 4) is 0 Å². The van der Waals surface area contributed by atoms with E-state index >= 15 is 0 Å². The van der Waals surface area contributed by atoms with Crippen LogP contribution < -0.4 is 0 Å². The Bertz CT molecular complexity index is 532. The lowest BCUT2D eigenvalue weighted by atomic mass is 9.96. The van der Waals surface area contributed by atoms with Gasteiger partial charge in [0.05, 0.1) is 10.5 Å². The van der Waals surface area contributed by atoms with E-state index in [0.29, 0.717) is 0 Å². The van der Waals surface area contributed by atoms with Gasteiger partial charge in [-0.3, -0.25) is 10.1 Å². The van der Waals surface area contributed by atoms with Crippen molar-refractivity contribution in [1.29, 1.82) is 0 Å². The van der Waals surface area contributed by atoms with Gasteiger partial charge in [0.25, 0.3) is 5.69 Å². The normalized spacial score (nSPS) is 12.6. The van der Waals surface area contributed by atoms with Gasteiger partial charge in [-0.05, 0) is 25.5 Å². The monoisotopic (exact) mass is 287 g/mol. The molecular formula is C10H7F6NO2. The van der Waals surface area contributed by atoms with Crippen LogP contribution in [0.5, 0.6) is 0 Å². The highest BCUT2D eigenvalue weighted by Gasteiger charge is 2.49. The number of nitro groups is 1. The van der Waals surface area contributed by atoms with E-state index in [0.717, 1.165) is 13.8 Å². The second-order valence-electron chi connectivity index (χ2n) is 3.84. The zero-order valence-electron chi connectivity index (χ0n) is 9.61. The predicted octanol–water partition coefficient (Wildman–Crippen LogP) is 4.25. The van der Waals surface area contributed by atoms with Crippen LogP contribution in [-0.4, -0.2) is 4.92 Å². The van der Waals surface area contributed by atoms with Crippen molar-refractivity contribution in [2.75, 3.05) is 0 Å². The van der Waals surface area contributed by atoms with Crippen LogP contribution in [0.25, 0.3) is 0 Å². The average molecular weight is 287 g/mol. The highest BCUT2D eigenvalue weighted by atomic mass is 19.4. The van der Waals surface area contributed by atoms with Crippen LogP contribution in [0.4, 0.5) is 32.0 Å². The van der Waals surface area contributed by atoms with Crippen LogP contribution in [0.1, 0.15) is 22.3 Å². The number of benzene rings is 1. The molecular weight excluding hydrogens is 280 g/mol. The Morgan fingerprint density at radius 2 is 1.53 bits per heavy atom. The second kappa shape index (κ2) is 4.39. The molecule has 0 spiro atoms. The third-order valence-corrected chi connectivity index (χ3v) is 2.59. The van der Waals surface area contributed by atoms with Crippen LogP contribution in [0, 0.1) is 24.0 Å². The van der Waals surface area contributed by atoms with Crippen LogP contribution in [-0.2, 0) is 12.4 Å². The molecule has 0 atom stereocenters. The summed E-state index contributed by atoms with van der Waals surface area (Å²) in [4.78, 5) is 9.21. The SMILES string of the molecule is Cc1cc(C(F)(F)F)c(C(F)(F)F)c([N+](=O)[O-])c1C. The third-order valence-electron chi connectivity index (χ3n) is 2.59. The fraction of sp³-hybridized carbons (Fsp3) is 0.400. The first-order chi connectivity index (χ1) is 8.37. The molecule has 0 saturated heterocycles. The molecule has 0 aliphatic carbocycles. The molecule has 0 heterocycles. The molecule has 0 fully saturated rings. The maximum atomic E-state index is 12.7. The molecule has 0 aliphatic rings. The van der Waals surface area contributed by atoms with Gasteiger partial charge in [0.1, 0.15) is 5.56 Å². The summed E-state index contributed by atoms with van der Waals surface area (Å²) in [6, 6.07) is 0.269. The number of hydrogen-bond acceptors (Lipinski definition) is 2. The number of nitrogens with zero attached hydrogens (tertiary/aromatic N) is 1. The largest absolute Gasteiger partial charge is 0.423 e. The van der Waals surface area contributed by atoms with Crippen LogP contribution in [0.2, 0.25) is 0 Å². The minimum Gasteiger partial charge on any atom is -0.258 e. The minimum atomic E-state index is -5.47. The van der Waals surface area contributed by atoms with E-state index in [2.05, 4.69) is 0 Å². The van der Waals surface area contributed by atoms with Gasteiger partial charge in [-0.1, -0.05) is 0 Å². The molecule has 19 heavy (non-hydrogen) atoms. The molecule has 9 heteroatoms. The fourth-order valence-corrected chi connectivity index (χ4v) is 1.64. The van der Waals surface area contributed by atoms with Crippen molar-refractivity contribution in [2.24, 2.45) is 0 Å². The van der Waals surface area contributed by atoms with Gasteiger partial charge in [0.15, 0.2) is 0 Å². The lowest BCUT2D eigenvalue weighted by molar-refractivity contribution is -0.389. The van der Waals surface area contributed by atoms with E-state index < -0.39 is 39.7 Å². The molecule has 0 aromatic heterocycles. The van der Waals surface area contributed by atoms with E-state index in [-0.39, 0.29) is 11.6 Å². The van der Waals surface area contributed by atoms with Crippen molar-refractivity contribution in [3.63, 3.8) is 0 Å². The summed E-state index contributed by atoms with van der Waals surface area (Å²) in [5, 5.41) is 10.7. The zero-order chi connectivity index (χ0) is 15.2. The molecule has 1 aromatic rings. The van der Waals surface area contributed by atoms with E-state index in [1.807, 2.05) is 0 Å². The van der Waals surface area contributed by atoms with E-state index in [4.69, 9.17) is 0 Å². The fourth-order valence-electron chi connectivity index (χ4n) is 1.64. The summed E-state index contributed by atoms with van der Waals surface area (Å²) >= 11 is 0. The van der Waals surface area contributed by atoms with Crippen LogP contribution in [0.15, 0.2) is 6.07 Å². The predicted molar refractivity (Wildman–Crippen MR) is 52.6 cm³/mol. The molecule has 0 saturated carbocycles. The highest BCUT2D eigenvalue weighted by Crippen LogP contribution is 2.46. The molecule has 0 unspecified atom stereocenters. The topological polar surface area (TPSA) is 43.1 Å². The van der Waals surface area contributed by atoms with Gasteiger partial charge in [-0.15, -0.1) is 0 Å². The summed E-state index contributed by atoms with van der Waals surface area (Å²) in [7, 11) is 0. The van der Waals surface area contributed by atoms with E-state index in [9.17, 15) is 36.5 Å². The van der Waals surface area contributed by atoms with E-state index in [1.165, 1.54) is 0 Å². The van der Waals surface area contributed by atoms with Crippen LogP contribution in [0.3, 0.4) is 0 Å². The Balaban J connectivity index is 3.91. The van der Waals surface area contributed by atoms with Crippen molar-refractivity contribution in [2.45, 2.75) is 26.2 Å².